The van der Waals surface area contributed by atoms with Gasteiger partial charge in [0.25, 0.3) is 0 Å². The highest BCUT2D eigenvalue weighted by Gasteiger charge is 2.32. The highest BCUT2D eigenvalue weighted by molar-refractivity contribution is 7.92. The molecule has 1 aromatic rings. The quantitative estimate of drug-likeness (QED) is 0.781. The number of sulfonamides is 1. The van der Waals surface area contributed by atoms with Crippen molar-refractivity contribution in [2.45, 2.75) is 70.4 Å². The number of nitrogens with zero attached hydrogens (tertiary/aromatic N) is 1. The number of rotatable bonds is 6. The maximum atomic E-state index is 12.9. The smallest absolute Gasteiger partial charge is 0.244 e. The molecule has 0 saturated heterocycles. The molecule has 26 heavy (non-hydrogen) atoms. The Morgan fingerprint density at radius 1 is 1.23 bits per heavy atom. The van der Waals surface area contributed by atoms with Gasteiger partial charge in [-0.2, -0.15) is 0 Å². The molecule has 0 aliphatic heterocycles. The first-order valence-electron chi connectivity index (χ1n) is 9.38. The number of anilines is 1. The van der Waals surface area contributed by atoms with E-state index >= 15 is 0 Å². The van der Waals surface area contributed by atoms with Crippen molar-refractivity contribution < 1.29 is 13.2 Å². The van der Waals surface area contributed by atoms with Gasteiger partial charge in [0.1, 0.15) is 6.04 Å². The van der Waals surface area contributed by atoms with Crippen LogP contribution in [-0.4, -0.2) is 32.7 Å². The third kappa shape index (κ3) is 5.88. The van der Waals surface area contributed by atoms with E-state index in [1.54, 1.807) is 24.3 Å². The van der Waals surface area contributed by atoms with Crippen LogP contribution in [0.25, 0.3) is 0 Å². The largest absolute Gasteiger partial charge is 0.352 e. The summed E-state index contributed by atoms with van der Waals surface area (Å²) in [6.45, 7) is 1.82. The molecule has 0 radical (unpaired) electrons. The Kier molecular flexibility index (Phi) is 7.77. The lowest BCUT2D eigenvalue weighted by Gasteiger charge is -2.32. The van der Waals surface area contributed by atoms with Crippen LogP contribution >= 0.6 is 11.6 Å². The van der Waals surface area contributed by atoms with Gasteiger partial charge in [0.15, 0.2) is 0 Å². The summed E-state index contributed by atoms with van der Waals surface area (Å²) in [5.41, 5.74) is 0.416. The van der Waals surface area contributed by atoms with Crippen LogP contribution in [0.5, 0.6) is 0 Å². The fraction of sp³-hybridized carbons (Fsp3) is 0.632. The summed E-state index contributed by atoms with van der Waals surface area (Å²) in [6.07, 6.45) is 9.28. The van der Waals surface area contributed by atoms with Crippen LogP contribution in [0.1, 0.15) is 58.3 Å². The molecule has 0 aromatic heterocycles. The summed E-state index contributed by atoms with van der Waals surface area (Å²) in [5.74, 6) is -0.233. The molecule has 7 heteroatoms. The first kappa shape index (κ1) is 21.0. The molecule has 1 N–H and O–H groups in total. The number of hydrogen-bond donors (Lipinski definition) is 1. The third-order valence-corrected chi connectivity index (χ3v) is 6.26. The van der Waals surface area contributed by atoms with E-state index in [2.05, 4.69) is 5.32 Å². The molecule has 0 spiro atoms. The maximum Gasteiger partial charge on any atom is 0.244 e. The Hall–Kier alpha value is -1.27. The van der Waals surface area contributed by atoms with Crippen molar-refractivity contribution in [1.29, 1.82) is 0 Å². The second-order valence-corrected chi connectivity index (χ2v) is 9.31. The van der Waals surface area contributed by atoms with Crippen molar-refractivity contribution >= 4 is 33.2 Å². The van der Waals surface area contributed by atoms with E-state index in [0.717, 1.165) is 31.9 Å². The Morgan fingerprint density at radius 3 is 2.38 bits per heavy atom. The van der Waals surface area contributed by atoms with Crippen molar-refractivity contribution in [3.8, 4) is 0 Å². The Balaban J connectivity index is 2.22. The van der Waals surface area contributed by atoms with Crippen molar-refractivity contribution in [3.63, 3.8) is 0 Å². The lowest BCUT2D eigenvalue weighted by atomic mass is 9.96. The second kappa shape index (κ2) is 9.60. The number of halogens is 1. The van der Waals surface area contributed by atoms with E-state index < -0.39 is 16.1 Å². The van der Waals surface area contributed by atoms with Gasteiger partial charge in [-0.05, 0) is 37.5 Å². The van der Waals surface area contributed by atoms with E-state index in [4.69, 9.17) is 11.6 Å². The molecule has 1 fully saturated rings. The molecular weight excluding hydrogens is 372 g/mol. The standard InChI is InChI=1S/C19H29ClN2O3S/c1-3-18(19(23)21-16-11-7-5-4-6-8-12-16)22(26(2,24)25)17-13-9-10-15(20)14-17/h9-10,13-14,16,18H,3-8,11-12H2,1-2H3,(H,21,23)/t18-/m0/s1. The fourth-order valence-electron chi connectivity index (χ4n) is 3.57. The van der Waals surface area contributed by atoms with Gasteiger partial charge in [-0.25, -0.2) is 8.42 Å². The van der Waals surface area contributed by atoms with E-state index in [-0.39, 0.29) is 11.9 Å². The molecule has 5 nitrogen and oxygen atoms in total. The molecule has 0 unspecified atom stereocenters. The lowest BCUT2D eigenvalue weighted by molar-refractivity contribution is -0.123. The number of hydrogen-bond acceptors (Lipinski definition) is 3. The van der Waals surface area contributed by atoms with Gasteiger partial charge in [-0.3, -0.25) is 9.10 Å². The summed E-state index contributed by atoms with van der Waals surface area (Å²) < 4.78 is 26.1. The van der Waals surface area contributed by atoms with Crippen molar-refractivity contribution in [1.82, 2.24) is 5.32 Å². The minimum Gasteiger partial charge on any atom is -0.352 e. The minimum atomic E-state index is -3.63. The van der Waals surface area contributed by atoms with Gasteiger partial charge in [0.2, 0.25) is 15.9 Å². The molecule has 0 bridgehead atoms. The third-order valence-electron chi connectivity index (χ3n) is 4.84. The van der Waals surface area contributed by atoms with Crippen LogP contribution in [0, 0.1) is 0 Å². The van der Waals surface area contributed by atoms with Gasteiger partial charge in [-0.15, -0.1) is 0 Å². The molecule has 1 saturated carbocycles. The molecule has 2 rings (SSSR count). The average Bonchev–Trinajstić information content (AvgIpc) is 2.53. The molecule has 1 atom stereocenters. The van der Waals surface area contributed by atoms with Gasteiger partial charge < -0.3 is 5.32 Å². The minimum absolute atomic E-state index is 0.123. The van der Waals surface area contributed by atoms with Crippen LogP contribution in [0.4, 0.5) is 5.69 Å². The van der Waals surface area contributed by atoms with E-state index in [1.807, 2.05) is 6.92 Å². The van der Waals surface area contributed by atoms with Crippen LogP contribution in [0.15, 0.2) is 24.3 Å². The maximum absolute atomic E-state index is 12.9. The lowest BCUT2D eigenvalue weighted by Crippen LogP contribution is -2.51. The normalized spacial score (nSPS) is 17.8. The van der Waals surface area contributed by atoms with E-state index in [9.17, 15) is 13.2 Å². The summed E-state index contributed by atoms with van der Waals surface area (Å²) in [4.78, 5) is 12.9. The Labute approximate surface area is 162 Å². The van der Waals surface area contributed by atoms with E-state index in [0.29, 0.717) is 17.1 Å². The SMILES string of the molecule is CC[C@@H](C(=O)NC1CCCCCCC1)N(c1cccc(Cl)c1)S(C)(=O)=O. The number of amides is 1. The van der Waals surface area contributed by atoms with Crippen LogP contribution in [0.3, 0.4) is 0 Å². The van der Waals surface area contributed by atoms with Gasteiger partial charge >= 0.3 is 0 Å². The first-order chi connectivity index (χ1) is 12.3. The highest BCUT2D eigenvalue weighted by atomic mass is 35.5. The van der Waals surface area contributed by atoms with Crippen LogP contribution in [0.2, 0.25) is 5.02 Å². The number of carbonyl (C=O) groups excluding carboxylic acids is 1. The van der Waals surface area contributed by atoms with Crippen molar-refractivity contribution in [2.75, 3.05) is 10.6 Å². The molecule has 0 heterocycles. The molecule has 146 valence electrons. The van der Waals surface area contributed by atoms with Crippen molar-refractivity contribution in [3.05, 3.63) is 29.3 Å². The van der Waals surface area contributed by atoms with Gasteiger partial charge in [-0.1, -0.05) is 56.7 Å². The van der Waals surface area contributed by atoms with Gasteiger partial charge in [0.05, 0.1) is 11.9 Å². The molecular formula is C19H29ClN2O3S. The molecule has 1 aliphatic rings. The molecule has 1 amide bonds. The first-order valence-corrected chi connectivity index (χ1v) is 11.6. The Morgan fingerprint density at radius 2 is 1.85 bits per heavy atom. The van der Waals surface area contributed by atoms with E-state index in [1.165, 1.54) is 23.6 Å². The second-order valence-electron chi connectivity index (χ2n) is 7.01. The van der Waals surface area contributed by atoms with Crippen molar-refractivity contribution in [2.24, 2.45) is 0 Å². The average molecular weight is 401 g/mol. The predicted molar refractivity (Wildman–Crippen MR) is 107 cm³/mol. The summed E-state index contributed by atoms with van der Waals surface area (Å²) >= 11 is 6.03. The summed E-state index contributed by atoms with van der Waals surface area (Å²) in [5, 5.41) is 3.53. The molecule has 1 aromatic carbocycles. The van der Waals surface area contributed by atoms with Crippen LogP contribution in [-0.2, 0) is 14.8 Å². The fourth-order valence-corrected chi connectivity index (χ4v) is 4.96. The van der Waals surface area contributed by atoms with Crippen LogP contribution < -0.4 is 9.62 Å². The number of benzene rings is 1. The highest BCUT2D eigenvalue weighted by Crippen LogP contribution is 2.26. The Bertz CT molecular complexity index is 700. The zero-order valence-electron chi connectivity index (χ0n) is 15.6. The number of nitrogens with one attached hydrogen (secondary N) is 1. The number of carbonyl (C=O) groups is 1. The molecule has 1 aliphatic carbocycles. The summed E-state index contributed by atoms with van der Waals surface area (Å²) in [6, 6.07) is 5.95. The predicted octanol–water partition coefficient (Wildman–Crippen LogP) is 4.11. The topological polar surface area (TPSA) is 66.5 Å². The zero-order valence-corrected chi connectivity index (χ0v) is 17.2. The van der Waals surface area contributed by atoms with Gasteiger partial charge in [0, 0.05) is 11.1 Å². The summed E-state index contributed by atoms with van der Waals surface area (Å²) in [7, 11) is -3.63. The zero-order chi connectivity index (χ0) is 19.2. The monoisotopic (exact) mass is 400 g/mol.